The molecule has 1 fully saturated rings. The van der Waals surface area contributed by atoms with E-state index in [1.54, 1.807) is 7.11 Å². The topological polar surface area (TPSA) is 83.3 Å². The molecule has 154 valence electrons. The van der Waals surface area contributed by atoms with Crippen LogP contribution in [-0.4, -0.2) is 64.6 Å². The van der Waals surface area contributed by atoms with Crippen LogP contribution < -0.4 is 10.5 Å². The third-order valence-electron chi connectivity index (χ3n) is 5.44. The lowest BCUT2D eigenvalue weighted by Gasteiger charge is -2.34. The number of ether oxygens (including phenoxy) is 1. The number of aromatic nitrogens is 3. The Labute approximate surface area is 175 Å². The Kier molecular flexibility index (Phi) is 5.89. The van der Waals surface area contributed by atoms with E-state index in [0.29, 0.717) is 27.7 Å². The van der Waals surface area contributed by atoms with Gasteiger partial charge in [-0.05, 0) is 30.7 Å². The lowest BCUT2D eigenvalue weighted by molar-refractivity contribution is 0.127. The van der Waals surface area contributed by atoms with Gasteiger partial charge in [0.25, 0.3) is 0 Å². The summed E-state index contributed by atoms with van der Waals surface area (Å²) < 4.78 is 5.66. The highest BCUT2D eigenvalue weighted by atomic mass is 35.5. The molecule has 0 bridgehead atoms. The number of fused-ring (bicyclic) bond motifs is 1. The first kappa shape index (κ1) is 19.9. The van der Waals surface area contributed by atoms with Gasteiger partial charge in [0, 0.05) is 32.7 Å². The second-order valence-corrected chi connectivity index (χ2v) is 7.86. The number of hydrogen-bond donors (Lipinski definition) is 2. The highest BCUT2D eigenvalue weighted by molar-refractivity contribution is 6.34. The predicted octanol–water partition coefficient (Wildman–Crippen LogP) is 3.40. The van der Waals surface area contributed by atoms with E-state index < -0.39 is 0 Å². The molecule has 1 aromatic carbocycles. The first-order valence-corrected chi connectivity index (χ1v) is 10.4. The zero-order valence-electron chi connectivity index (χ0n) is 16.9. The molecule has 8 heteroatoms. The number of anilines is 1. The summed E-state index contributed by atoms with van der Waals surface area (Å²) in [6.07, 6.45) is 2.73. The third-order valence-corrected chi connectivity index (χ3v) is 5.74. The average molecular weight is 415 g/mol. The van der Waals surface area contributed by atoms with E-state index in [9.17, 15) is 0 Å². The van der Waals surface area contributed by atoms with Gasteiger partial charge in [0.15, 0.2) is 5.65 Å². The second kappa shape index (κ2) is 8.57. The summed E-state index contributed by atoms with van der Waals surface area (Å²) in [5.41, 5.74) is 9.79. The molecule has 0 amide bonds. The quantitative estimate of drug-likeness (QED) is 0.643. The van der Waals surface area contributed by atoms with Gasteiger partial charge in [-0.25, -0.2) is 9.97 Å². The molecule has 29 heavy (non-hydrogen) atoms. The molecular formula is C21H27ClN6O. The van der Waals surface area contributed by atoms with Gasteiger partial charge in [-0.1, -0.05) is 24.6 Å². The highest BCUT2D eigenvalue weighted by Gasteiger charge is 2.18. The molecule has 0 atom stereocenters. The van der Waals surface area contributed by atoms with Crippen molar-refractivity contribution in [2.45, 2.75) is 19.9 Å². The summed E-state index contributed by atoms with van der Waals surface area (Å²) in [4.78, 5) is 17.1. The predicted molar refractivity (Wildman–Crippen MR) is 117 cm³/mol. The summed E-state index contributed by atoms with van der Waals surface area (Å²) in [5, 5.41) is 0.411. The number of rotatable bonds is 6. The highest BCUT2D eigenvalue weighted by Crippen LogP contribution is 2.33. The molecule has 0 saturated carbocycles. The molecule has 1 aliphatic heterocycles. The normalized spacial score (nSPS) is 15.8. The van der Waals surface area contributed by atoms with Crippen LogP contribution in [0.25, 0.3) is 22.6 Å². The number of halogens is 1. The van der Waals surface area contributed by atoms with Crippen molar-refractivity contribution < 1.29 is 4.74 Å². The summed E-state index contributed by atoms with van der Waals surface area (Å²) >= 11 is 6.07. The Hall–Kier alpha value is -2.35. The molecule has 7 nitrogen and oxygen atoms in total. The fraction of sp³-hybridized carbons (Fsp3) is 0.429. The Morgan fingerprint density at radius 2 is 1.97 bits per heavy atom. The molecule has 3 N–H and O–H groups in total. The van der Waals surface area contributed by atoms with Gasteiger partial charge in [-0.3, -0.25) is 4.90 Å². The van der Waals surface area contributed by atoms with E-state index in [1.165, 1.54) is 24.7 Å². The summed E-state index contributed by atoms with van der Waals surface area (Å²) in [6.45, 7) is 8.82. The molecule has 4 rings (SSSR count). The van der Waals surface area contributed by atoms with E-state index in [-0.39, 0.29) is 0 Å². The molecule has 1 saturated heterocycles. The van der Waals surface area contributed by atoms with E-state index in [4.69, 9.17) is 22.1 Å². The smallest absolute Gasteiger partial charge is 0.180 e. The lowest BCUT2D eigenvalue weighted by atomic mass is 10.1. The number of nitrogens with two attached hydrogens (primary N) is 1. The molecule has 3 aromatic rings. The number of pyridine rings is 1. The lowest BCUT2D eigenvalue weighted by Crippen LogP contribution is -2.45. The minimum absolute atomic E-state index is 0.411. The van der Waals surface area contributed by atoms with Crippen molar-refractivity contribution >= 4 is 28.5 Å². The SMILES string of the molecule is CCCN1CCN(Cc2ccc(-c3nc4ncc(Cl)c(N)c4[nH]3)c(OC)c2)CC1. The van der Waals surface area contributed by atoms with Crippen LogP contribution in [0.1, 0.15) is 18.9 Å². The maximum atomic E-state index is 6.07. The number of benzene rings is 1. The van der Waals surface area contributed by atoms with Gasteiger partial charge in [0.2, 0.25) is 0 Å². The summed E-state index contributed by atoms with van der Waals surface area (Å²) in [7, 11) is 1.68. The number of H-pyrrole nitrogens is 1. The molecule has 0 aliphatic carbocycles. The fourth-order valence-corrected chi connectivity index (χ4v) is 4.00. The van der Waals surface area contributed by atoms with Crippen LogP contribution in [0, 0.1) is 0 Å². The number of methoxy groups -OCH3 is 1. The summed E-state index contributed by atoms with van der Waals surface area (Å²) in [5.74, 6) is 1.44. The number of piperazine rings is 1. The van der Waals surface area contributed by atoms with Crippen LogP contribution >= 0.6 is 11.6 Å². The first-order valence-electron chi connectivity index (χ1n) is 10.0. The molecule has 0 spiro atoms. The number of hydrogen-bond acceptors (Lipinski definition) is 6. The Morgan fingerprint density at radius 3 is 2.69 bits per heavy atom. The monoisotopic (exact) mass is 414 g/mol. The minimum atomic E-state index is 0.411. The number of imidazole rings is 1. The van der Waals surface area contributed by atoms with Crippen LogP contribution in [-0.2, 0) is 6.54 Å². The largest absolute Gasteiger partial charge is 0.496 e. The van der Waals surface area contributed by atoms with Crippen LogP contribution in [0.15, 0.2) is 24.4 Å². The van der Waals surface area contributed by atoms with Gasteiger partial charge in [0.1, 0.15) is 17.1 Å². The maximum Gasteiger partial charge on any atom is 0.180 e. The number of nitrogen functional groups attached to an aromatic ring is 1. The van der Waals surface area contributed by atoms with Crippen molar-refractivity contribution in [1.82, 2.24) is 24.8 Å². The van der Waals surface area contributed by atoms with Crippen molar-refractivity contribution in [2.24, 2.45) is 0 Å². The number of aromatic amines is 1. The minimum Gasteiger partial charge on any atom is -0.496 e. The number of nitrogens with zero attached hydrogens (tertiary/aromatic N) is 4. The molecular weight excluding hydrogens is 388 g/mol. The Bertz CT molecular complexity index is 996. The Balaban J connectivity index is 1.54. The third kappa shape index (κ3) is 4.17. The zero-order chi connectivity index (χ0) is 20.4. The van der Waals surface area contributed by atoms with Crippen molar-refractivity contribution in [1.29, 1.82) is 0 Å². The Morgan fingerprint density at radius 1 is 1.21 bits per heavy atom. The van der Waals surface area contributed by atoms with Gasteiger partial charge in [0.05, 0.1) is 29.6 Å². The van der Waals surface area contributed by atoms with Gasteiger partial charge in [-0.15, -0.1) is 0 Å². The first-order chi connectivity index (χ1) is 14.1. The van der Waals surface area contributed by atoms with Gasteiger partial charge >= 0.3 is 0 Å². The van der Waals surface area contributed by atoms with E-state index in [1.807, 2.05) is 6.07 Å². The molecule has 0 unspecified atom stereocenters. The fourth-order valence-electron chi connectivity index (χ4n) is 3.85. The van der Waals surface area contributed by atoms with Crippen LogP contribution in [0.3, 0.4) is 0 Å². The van der Waals surface area contributed by atoms with Gasteiger partial charge < -0.3 is 20.4 Å². The molecule has 2 aromatic heterocycles. The standard InChI is InChI=1S/C21H27ClN6O/c1-3-6-27-7-9-28(10-8-27)13-14-4-5-15(17(11-14)29-2)20-25-19-18(23)16(22)12-24-21(19)26-20/h4-5,11-12H,3,6-10,13H2,1-2H3,(H3,23,24,25,26). The van der Waals surface area contributed by atoms with Crippen molar-refractivity contribution in [3.05, 3.63) is 35.0 Å². The number of nitrogens with one attached hydrogen (secondary N) is 1. The molecule has 0 radical (unpaired) electrons. The average Bonchev–Trinajstić information content (AvgIpc) is 3.17. The van der Waals surface area contributed by atoms with E-state index >= 15 is 0 Å². The van der Waals surface area contributed by atoms with Crippen molar-refractivity contribution in [3.63, 3.8) is 0 Å². The summed E-state index contributed by atoms with van der Waals surface area (Å²) in [6, 6.07) is 6.26. The van der Waals surface area contributed by atoms with Gasteiger partial charge in [-0.2, -0.15) is 0 Å². The molecule has 3 heterocycles. The van der Waals surface area contributed by atoms with E-state index in [0.717, 1.165) is 44.0 Å². The second-order valence-electron chi connectivity index (χ2n) is 7.46. The van der Waals surface area contributed by atoms with E-state index in [2.05, 4.69) is 43.8 Å². The van der Waals surface area contributed by atoms with Crippen molar-refractivity contribution in [2.75, 3.05) is 45.6 Å². The zero-order valence-corrected chi connectivity index (χ0v) is 17.7. The molecule has 1 aliphatic rings. The van der Waals surface area contributed by atoms with Crippen LogP contribution in [0.5, 0.6) is 5.75 Å². The van der Waals surface area contributed by atoms with Crippen molar-refractivity contribution in [3.8, 4) is 17.1 Å². The van der Waals surface area contributed by atoms with Crippen LogP contribution in [0.4, 0.5) is 5.69 Å². The van der Waals surface area contributed by atoms with Crippen LogP contribution in [0.2, 0.25) is 5.02 Å². The maximum absolute atomic E-state index is 6.07.